The fourth-order valence-electron chi connectivity index (χ4n) is 2.54. The number of halogens is 2. The van der Waals surface area contributed by atoms with Crippen molar-refractivity contribution < 1.29 is 23.5 Å². The highest BCUT2D eigenvalue weighted by molar-refractivity contribution is 6.39. The number of hydrogen-bond donors (Lipinski definition) is 3. The number of carbonyl (C=O) groups excluding carboxylic acids is 2. The summed E-state index contributed by atoms with van der Waals surface area (Å²) < 4.78 is 26.4. The van der Waals surface area contributed by atoms with E-state index in [1.165, 1.54) is 0 Å². The number of carbonyl (C=O) groups is 2. The summed E-state index contributed by atoms with van der Waals surface area (Å²) in [5.74, 6) is -3.39. The van der Waals surface area contributed by atoms with E-state index >= 15 is 0 Å². The van der Waals surface area contributed by atoms with Crippen LogP contribution < -0.4 is 10.6 Å². The molecule has 22 heavy (non-hydrogen) atoms. The molecule has 1 aromatic carbocycles. The molecule has 3 N–H and O–H groups in total. The molecule has 0 bridgehead atoms. The van der Waals surface area contributed by atoms with E-state index in [0.29, 0.717) is 6.42 Å². The minimum Gasteiger partial charge on any atom is -0.393 e. The lowest BCUT2D eigenvalue weighted by Crippen LogP contribution is -2.39. The zero-order valence-electron chi connectivity index (χ0n) is 11.9. The van der Waals surface area contributed by atoms with Gasteiger partial charge in [-0.25, -0.2) is 8.78 Å². The quantitative estimate of drug-likeness (QED) is 0.741. The molecule has 0 aliphatic heterocycles. The Morgan fingerprint density at radius 2 is 2.00 bits per heavy atom. The first-order valence-corrected chi connectivity index (χ1v) is 7.18. The fourth-order valence-corrected chi connectivity index (χ4v) is 2.54. The highest BCUT2D eigenvalue weighted by Gasteiger charge is 2.22. The number of benzene rings is 1. The van der Waals surface area contributed by atoms with Gasteiger partial charge in [-0.1, -0.05) is 6.42 Å². The average molecular weight is 312 g/mol. The topological polar surface area (TPSA) is 78.4 Å². The molecule has 1 fully saturated rings. The van der Waals surface area contributed by atoms with Crippen LogP contribution in [0.3, 0.4) is 0 Å². The van der Waals surface area contributed by atoms with Crippen molar-refractivity contribution >= 4 is 17.5 Å². The third-order valence-corrected chi connectivity index (χ3v) is 3.69. The Labute approximate surface area is 126 Å². The van der Waals surface area contributed by atoms with Crippen LogP contribution in [0.4, 0.5) is 14.5 Å². The van der Waals surface area contributed by atoms with Gasteiger partial charge in [0, 0.05) is 12.6 Å². The van der Waals surface area contributed by atoms with Gasteiger partial charge in [-0.15, -0.1) is 0 Å². The lowest BCUT2D eigenvalue weighted by Gasteiger charge is -2.25. The summed E-state index contributed by atoms with van der Waals surface area (Å²) in [7, 11) is 0. The van der Waals surface area contributed by atoms with E-state index in [-0.39, 0.29) is 24.3 Å². The van der Waals surface area contributed by atoms with Gasteiger partial charge in [0.1, 0.15) is 11.6 Å². The second kappa shape index (κ2) is 7.31. The molecule has 1 aliphatic carbocycles. The maximum Gasteiger partial charge on any atom is 0.313 e. The van der Waals surface area contributed by atoms with E-state index in [0.717, 1.165) is 37.5 Å². The van der Waals surface area contributed by atoms with E-state index in [9.17, 15) is 23.5 Å². The first kappa shape index (κ1) is 16.4. The molecule has 0 spiro atoms. The second-order valence-electron chi connectivity index (χ2n) is 5.47. The standard InChI is InChI=1S/C15H18F2N2O3/c16-10-4-5-12(17)13(7-10)19-15(22)14(21)18-8-9-2-1-3-11(20)6-9/h4-5,7,9,11,20H,1-3,6,8H2,(H,18,21)(H,19,22). The molecule has 2 amide bonds. The van der Waals surface area contributed by atoms with Gasteiger partial charge in [-0.3, -0.25) is 9.59 Å². The Kier molecular flexibility index (Phi) is 5.43. The number of rotatable bonds is 3. The molecule has 0 saturated heterocycles. The number of hydrogen-bond acceptors (Lipinski definition) is 3. The SMILES string of the molecule is O=C(NCC1CCCC(O)C1)C(=O)Nc1cc(F)ccc1F. The number of amides is 2. The molecular formula is C15H18F2N2O3. The molecule has 1 aliphatic rings. The highest BCUT2D eigenvalue weighted by Crippen LogP contribution is 2.23. The number of anilines is 1. The van der Waals surface area contributed by atoms with Crippen LogP contribution in [0, 0.1) is 17.6 Å². The van der Waals surface area contributed by atoms with Gasteiger partial charge in [0.05, 0.1) is 11.8 Å². The van der Waals surface area contributed by atoms with Gasteiger partial charge in [0.25, 0.3) is 0 Å². The van der Waals surface area contributed by atoms with Crippen LogP contribution in [0.25, 0.3) is 0 Å². The molecule has 0 aromatic heterocycles. The van der Waals surface area contributed by atoms with Crippen molar-refractivity contribution in [1.82, 2.24) is 5.32 Å². The van der Waals surface area contributed by atoms with Gasteiger partial charge in [-0.2, -0.15) is 0 Å². The normalized spacial score (nSPS) is 21.2. The molecule has 0 radical (unpaired) electrons. The van der Waals surface area contributed by atoms with Crippen molar-refractivity contribution in [1.29, 1.82) is 0 Å². The van der Waals surface area contributed by atoms with E-state index in [1.54, 1.807) is 0 Å². The smallest absolute Gasteiger partial charge is 0.313 e. The van der Waals surface area contributed by atoms with Gasteiger partial charge in [0.2, 0.25) is 0 Å². The molecule has 2 atom stereocenters. The number of nitrogens with one attached hydrogen (secondary N) is 2. The van der Waals surface area contributed by atoms with Crippen LogP contribution in [-0.2, 0) is 9.59 Å². The minimum absolute atomic E-state index is 0.117. The van der Waals surface area contributed by atoms with Gasteiger partial charge in [-0.05, 0) is 37.3 Å². The monoisotopic (exact) mass is 312 g/mol. The van der Waals surface area contributed by atoms with Crippen LogP contribution in [0.15, 0.2) is 18.2 Å². The van der Waals surface area contributed by atoms with Crippen molar-refractivity contribution in [2.75, 3.05) is 11.9 Å². The van der Waals surface area contributed by atoms with Gasteiger partial charge < -0.3 is 15.7 Å². The Balaban J connectivity index is 1.84. The molecule has 0 heterocycles. The predicted octanol–water partition coefficient (Wildman–Crippen LogP) is 1.57. The Morgan fingerprint density at radius 1 is 1.23 bits per heavy atom. The summed E-state index contributed by atoms with van der Waals surface area (Å²) >= 11 is 0. The lowest BCUT2D eigenvalue weighted by molar-refractivity contribution is -0.136. The number of aliphatic hydroxyl groups is 1. The Morgan fingerprint density at radius 3 is 2.73 bits per heavy atom. The van der Waals surface area contributed by atoms with Crippen LogP contribution in [0.1, 0.15) is 25.7 Å². The second-order valence-corrected chi connectivity index (χ2v) is 5.47. The minimum atomic E-state index is -1.05. The van der Waals surface area contributed by atoms with Crippen molar-refractivity contribution in [3.05, 3.63) is 29.8 Å². The molecule has 7 heteroatoms. The fraction of sp³-hybridized carbons (Fsp3) is 0.467. The van der Waals surface area contributed by atoms with E-state index in [1.807, 2.05) is 5.32 Å². The third kappa shape index (κ3) is 4.49. The van der Waals surface area contributed by atoms with E-state index in [4.69, 9.17) is 0 Å². The first-order chi connectivity index (χ1) is 10.5. The van der Waals surface area contributed by atoms with Crippen molar-refractivity contribution in [2.45, 2.75) is 31.8 Å². The van der Waals surface area contributed by atoms with Gasteiger partial charge >= 0.3 is 11.8 Å². The molecule has 120 valence electrons. The zero-order chi connectivity index (χ0) is 16.1. The van der Waals surface area contributed by atoms with Crippen LogP contribution in [-0.4, -0.2) is 29.6 Å². The van der Waals surface area contributed by atoms with Gasteiger partial charge in [0.15, 0.2) is 0 Å². The predicted molar refractivity (Wildman–Crippen MR) is 76.0 cm³/mol. The third-order valence-electron chi connectivity index (χ3n) is 3.69. The van der Waals surface area contributed by atoms with Crippen LogP contribution >= 0.6 is 0 Å². The summed E-state index contributed by atoms with van der Waals surface area (Å²) in [6, 6.07) is 2.59. The Bertz CT molecular complexity index is 566. The van der Waals surface area contributed by atoms with Crippen molar-refractivity contribution in [2.24, 2.45) is 5.92 Å². The maximum atomic E-state index is 13.4. The molecule has 1 aromatic rings. The van der Waals surface area contributed by atoms with Crippen molar-refractivity contribution in [3.8, 4) is 0 Å². The van der Waals surface area contributed by atoms with E-state index in [2.05, 4.69) is 5.32 Å². The summed E-state index contributed by atoms with van der Waals surface area (Å²) in [4.78, 5) is 23.3. The summed E-state index contributed by atoms with van der Waals surface area (Å²) in [5, 5.41) is 14.0. The van der Waals surface area contributed by atoms with Crippen molar-refractivity contribution in [3.63, 3.8) is 0 Å². The summed E-state index contributed by atoms with van der Waals surface area (Å²) in [5.41, 5.74) is -0.381. The maximum absolute atomic E-state index is 13.4. The largest absolute Gasteiger partial charge is 0.393 e. The molecular weight excluding hydrogens is 294 g/mol. The van der Waals surface area contributed by atoms with E-state index < -0.39 is 23.4 Å². The highest BCUT2D eigenvalue weighted by atomic mass is 19.1. The summed E-state index contributed by atoms with van der Waals surface area (Å²) in [6.45, 7) is 0.273. The zero-order valence-corrected chi connectivity index (χ0v) is 11.9. The Hall–Kier alpha value is -2.02. The first-order valence-electron chi connectivity index (χ1n) is 7.18. The van der Waals surface area contributed by atoms with Crippen LogP contribution in [0.2, 0.25) is 0 Å². The molecule has 2 unspecified atom stereocenters. The molecule has 2 rings (SSSR count). The summed E-state index contributed by atoms with van der Waals surface area (Å²) in [6.07, 6.45) is 2.72. The average Bonchev–Trinajstić information content (AvgIpc) is 2.48. The van der Waals surface area contributed by atoms with Crippen LogP contribution in [0.5, 0.6) is 0 Å². The number of aliphatic hydroxyl groups excluding tert-OH is 1. The lowest BCUT2D eigenvalue weighted by atomic mass is 9.87. The molecule has 5 nitrogen and oxygen atoms in total. The molecule has 1 saturated carbocycles.